The zero-order chi connectivity index (χ0) is 13.1. The van der Waals surface area contributed by atoms with E-state index < -0.39 is 6.10 Å². The van der Waals surface area contributed by atoms with Crippen molar-refractivity contribution in [3.63, 3.8) is 0 Å². The molecule has 0 fully saturated rings. The van der Waals surface area contributed by atoms with Crippen LogP contribution >= 0.6 is 11.8 Å². The zero-order valence-electron chi connectivity index (χ0n) is 10.5. The zero-order valence-corrected chi connectivity index (χ0v) is 11.3. The maximum atomic E-state index is 9.88. The lowest BCUT2D eigenvalue weighted by atomic mass is 10.1. The fourth-order valence-electron chi connectivity index (χ4n) is 1.68. The summed E-state index contributed by atoms with van der Waals surface area (Å²) in [5.74, 6) is 0.678. The van der Waals surface area contributed by atoms with E-state index in [0.717, 1.165) is 15.6 Å². The molecule has 0 bridgehead atoms. The van der Waals surface area contributed by atoms with Gasteiger partial charge in [-0.05, 0) is 30.8 Å². The molecule has 1 aromatic heterocycles. The number of hydrogen-bond donors (Lipinski definition) is 1. The Hall–Kier alpha value is -1.53. The lowest BCUT2D eigenvalue weighted by Crippen LogP contribution is -2.00. The minimum atomic E-state index is -0.600. The van der Waals surface area contributed by atoms with E-state index in [4.69, 9.17) is 4.74 Å². The molecular formula is C12H15N3O2S. The van der Waals surface area contributed by atoms with Gasteiger partial charge < -0.3 is 9.84 Å². The van der Waals surface area contributed by atoms with Crippen LogP contribution in [0, 0.1) is 0 Å². The molecule has 0 saturated carbocycles. The standard InChI is InChI=1S/C12H15N3O2S/c1-8(16)11-9(17-3)5-4-6-10(11)18-12-13-7-14-15(12)2/h4-8,16H,1-3H3. The van der Waals surface area contributed by atoms with Gasteiger partial charge >= 0.3 is 0 Å². The molecule has 18 heavy (non-hydrogen) atoms. The molecule has 2 rings (SSSR count). The van der Waals surface area contributed by atoms with E-state index in [1.165, 1.54) is 18.1 Å². The molecule has 2 aromatic rings. The molecule has 0 aliphatic heterocycles. The Kier molecular flexibility index (Phi) is 3.88. The maximum Gasteiger partial charge on any atom is 0.190 e. The highest BCUT2D eigenvalue weighted by molar-refractivity contribution is 7.99. The summed E-state index contributed by atoms with van der Waals surface area (Å²) in [4.78, 5) is 5.08. The van der Waals surface area contributed by atoms with Crippen LogP contribution in [0.3, 0.4) is 0 Å². The Morgan fingerprint density at radius 2 is 2.22 bits per heavy atom. The lowest BCUT2D eigenvalue weighted by Gasteiger charge is -2.15. The molecule has 0 aliphatic rings. The summed E-state index contributed by atoms with van der Waals surface area (Å²) in [7, 11) is 3.43. The van der Waals surface area contributed by atoms with Gasteiger partial charge in [0.1, 0.15) is 12.1 Å². The summed E-state index contributed by atoms with van der Waals surface area (Å²) in [6.07, 6.45) is 0.904. The van der Waals surface area contributed by atoms with Gasteiger partial charge in [0.25, 0.3) is 0 Å². The normalized spacial score (nSPS) is 12.4. The van der Waals surface area contributed by atoms with Crippen molar-refractivity contribution in [2.24, 2.45) is 7.05 Å². The van der Waals surface area contributed by atoms with Crippen LogP contribution in [0.25, 0.3) is 0 Å². The smallest absolute Gasteiger partial charge is 0.190 e. The fourth-order valence-corrected chi connectivity index (χ4v) is 2.68. The largest absolute Gasteiger partial charge is 0.496 e. The quantitative estimate of drug-likeness (QED) is 0.916. The highest BCUT2D eigenvalue weighted by atomic mass is 32.2. The summed E-state index contributed by atoms with van der Waals surface area (Å²) in [5.41, 5.74) is 0.771. The van der Waals surface area contributed by atoms with E-state index in [1.807, 2.05) is 25.2 Å². The monoisotopic (exact) mass is 265 g/mol. The van der Waals surface area contributed by atoms with Crippen molar-refractivity contribution in [2.45, 2.75) is 23.1 Å². The molecule has 1 atom stereocenters. The van der Waals surface area contributed by atoms with Crippen LogP contribution in [0.15, 0.2) is 34.6 Å². The molecule has 1 unspecified atom stereocenters. The number of nitrogens with zero attached hydrogens (tertiary/aromatic N) is 3. The molecule has 0 spiro atoms. The first kappa shape index (κ1) is 12.9. The van der Waals surface area contributed by atoms with E-state index in [2.05, 4.69) is 10.1 Å². The first-order valence-electron chi connectivity index (χ1n) is 5.50. The van der Waals surface area contributed by atoms with Gasteiger partial charge in [-0.2, -0.15) is 5.10 Å². The van der Waals surface area contributed by atoms with Gasteiger partial charge in [-0.3, -0.25) is 0 Å². The third kappa shape index (κ3) is 2.49. The van der Waals surface area contributed by atoms with Gasteiger partial charge in [0.2, 0.25) is 0 Å². The van der Waals surface area contributed by atoms with Crippen molar-refractivity contribution >= 4 is 11.8 Å². The summed E-state index contributed by atoms with van der Waals surface area (Å²) in [6.45, 7) is 1.72. The number of hydrogen-bond acceptors (Lipinski definition) is 5. The Balaban J connectivity index is 2.41. The molecule has 1 aromatic carbocycles. The molecule has 0 radical (unpaired) electrons. The highest BCUT2D eigenvalue weighted by Gasteiger charge is 2.16. The van der Waals surface area contributed by atoms with Crippen LogP contribution in [0.4, 0.5) is 0 Å². The molecule has 1 N–H and O–H groups in total. The minimum absolute atomic E-state index is 0.600. The van der Waals surface area contributed by atoms with Gasteiger partial charge in [-0.1, -0.05) is 6.07 Å². The third-order valence-corrected chi connectivity index (χ3v) is 3.66. The van der Waals surface area contributed by atoms with Crippen LogP contribution in [0.1, 0.15) is 18.6 Å². The van der Waals surface area contributed by atoms with Gasteiger partial charge in [-0.15, -0.1) is 0 Å². The predicted molar refractivity (Wildman–Crippen MR) is 68.8 cm³/mol. The summed E-state index contributed by atoms with van der Waals surface area (Å²) < 4.78 is 6.97. The van der Waals surface area contributed by atoms with E-state index in [0.29, 0.717) is 5.75 Å². The van der Waals surface area contributed by atoms with Crippen LogP contribution in [-0.2, 0) is 7.05 Å². The Labute approximate surface area is 110 Å². The van der Waals surface area contributed by atoms with E-state index >= 15 is 0 Å². The van der Waals surface area contributed by atoms with E-state index in [-0.39, 0.29) is 0 Å². The van der Waals surface area contributed by atoms with Crippen LogP contribution < -0.4 is 4.74 Å². The van der Waals surface area contributed by atoms with Crippen molar-refractivity contribution in [3.8, 4) is 5.75 Å². The number of aliphatic hydroxyl groups is 1. The van der Waals surface area contributed by atoms with Gasteiger partial charge in [-0.25, -0.2) is 9.67 Å². The van der Waals surface area contributed by atoms with Crippen molar-refractivity contribution in [2.75, 3.05) is 7.11 Å². The predicted octanol–water partition coefficient (Wildman–Crippen LogP) is 2.03. The van der Waals surface area contributed by atoms with Crippen molar-refractivity contribution < 1.29 is 9.84 Å². The minimum Gasteiger partial charge on any atom is -0.496 e. The van der Waals surface area contributed by atoms with Gasteiger partial charge in [0.15, 0.2) is 5.16 Å². The Morgan fingerprint density at radius 1 is 1.44 bits per heavy atom. The van der Waals surface area contributed by atoms with E-state index in [9.17, 15) is 5.11 Å². The number of methoxy groups -OCH3 is 1. The second-order valence-electron chi connectivity index (χ2n) is 3.82. The first-order chi connectivity index (χ1) is 8.63. The van der Waals surface area contributed by atoms with E-state index in [1.54, 1.807) is 18.7 Å². The number of aliphatic hydroxyl groups excluding tert-OH is 1. The Morgan fingerprint density at radius 3 is 2.78 bits per heavy atom. The number of aromatic nitrogens is 3. The second-order valence-corrected chi connectivity index (χ2v) is 4.83. The lowest BCUT2D eigenvalue weighted by molar-refractivity contribution is 0.191. The SMILES string of the molecule is COc1cccc(Sc2ncnn2C)c1C(C)O. The van der Waals surface area contributed by atoms with Crippen LogP contribution in [0.5, 0.6) is 5.75 Å². The average Bonchev–Trinajstić information content (AvgIpc) is 2.74. The fraction of sp³-hybridized carbons (Fsp3) is 0.333. The molecule has 0 saturated heterocycles. The molecule has 0 amide bonds. The number of benzene rings is 1. The van der Waals surface area contributed by atoms with Crippen molar-refractivity contribution in [1.82, 2.24) is 14.8 Å². The summed E-state index contributed by atoms with van der Waals surface area (Å²) in [6, 6.07) is 5.66. The number of ether oxygens (including phenoxy) is 1. The molecular weight excluding hydrogens is 250 g/mol. The average molecular weight is 265 g/mol. The van der Waals surface area contributed by atoms with Crippen molar-refractivity contribution in [3.05, 3.63) is 30.1 Å². The van der Waals surface area contributed by atoms with Crippen LogP contribution in [-0.4, -0.2) is 27.0 Å². The second kappa shape index (κ2) is 5.41. The molecule has 6 heteroatoms. The summed E-state index contributed by atoms with van der Waals surface area (Å²) >= 11 is 1.45. The van der Waals surface area contributed by atoms with Crippen molar-refractivity contribution in [1.29, 1.82) is 0 Å². The first-order valence-corrected chi connectivity index (χ1v) is 6.32. The van der Waals surface area contributed by atoms with Gasteiger partial charge in [0, 0.05) is 17.5 Å². The Bertz CT molecular complexity index is 540. The number of rotatable bonds is 4. The number of aryl methyl sites for hydroxylation is 1. The molecule has 96 valence electrons. The molecule has 1 heterocycles. The highest BCUT2D eigenvalue weighted by Crippen LogP contribution is 2.37. The van der Waals surface area contributed by atoms with Gasteiger partial charge in [0.05, 0.1) is 13.2 Å². The van der Waals surface area contributed by atoms with Crippen LogP contribution in [0.2, 0.25) is 0 Å². The molecule has 5 nitrogen and oxygen atoms in total. The topological polar surface area (TPSA) is 60.2 Å². The molecule has 0 aliphatic carbocycles. The third-order valence-electron chi connectivity index (χ3n) is 2.53. The maximum absolute atomic E-state index is 9.88. The summed E-state index contributed by atoms with van der Waals surface area (Å²) in [5, 5.41) is 14.7.